The smallest absolute Gasteiger partial charge is 0.344 e. The maximum atomic E-state index is 14.2. The zero-order valence-corrected chi connectivity index (χ0v) is 14.1. The fourth-order valence-corrected chi connectivity index (χ4v) is 1.84. The van der Waals surface area contributed by atoms with Crippen LogP contribution in [0.1, 0.15) is 78.7 Å². The molecule has 1 N–H and O–H groups in total. The van der Waals surface area contributed by atoms with Crippen molar-refractivity contribution in [1.82, 2.24) is 4.90 Å². The van der Waals surface area contributed by atoms with Gasteiger partial charge in [-0.1, -0.05) is 75.0 Å². The number of hydrogen-bond acceptors (Lipinski definition) is 4. The lowest BCUT2D eigenvalue weighted by Gasteiger charge is -2.36. The van der Waals surface area contributed by atoms with Crippen molar-refractivity contribution in [2.75, 3.05) is 26.1 Å². The summed E-state index contributed by atoms with van der Waals surface area (Å²) in [5, 5.41) is 4.42. The van der Waals surface area contributed by atoms with Crippen LogP contribution in [0.5, 0.6) is 0 Å². The Kier molecular flexibility index (Phi) is 2.42. The molecule has 0 amide bonds. The second-order valence-electron chi connectivity index (χ2n) is 4.71. The van der Waals surface area contributed by atoms with Crippen LogP contribution in [-0.4, -0.2) is 43.6 Å². The summed E-state index contributed by atoms with van der Waals surface area (Å²) in [6.45, 7) is -3.10. The van der Waals surface area contributed by atoms with Crippen LogP contribution in [0.4, 0.5) is 0 Å². The van der Waals surface area contributed by atoms with Gasteiger partial charge in [0.2, 0.25) is 1.43 Å². The standard InChI is InChI=1S/C22H31NO3/c1-3-23(4-2)17-11-12-18-26-21(24)22(25,19-13-7-5-8-14-19)20-15-9-6-10-16-20/h5,7-8,13-14,20,25H,3-4,6,9-10,15-18H2,1-2H3/i5D,6D2,7D,8D,9D2,10D2,13D,14D,15D2,16D2,17D2,18D2,20D,25D. The summed E-state index contributed by atoms with van der Waals surface area (Å²) in [6.07, 6.45) is -22.0. The van der Waals surface area contributed by atoms with Crippen molar-refractivity contribution in [2.45, 2.75) is 51.3 Å². The minimum absolute atomic E-state index is 0.0647. The summed E-state index contributed by atoms with van der Waals surface area (Å²) in [5.41, 5.74) is -6.33. The molecule has 26 heavy (non-hydrogen) atoms. The first-order valence-electron chi connectivity index (χ1n) is 18.0. The number of aliphatic hydroxyl groups is 1. The topological polar surface area (TPSA) is 49.8 Å². The molecule has 1 fully saturated rings. The van der Waals surface area contributed by atoms with E-state index in [1.807, 2.05) is 5.92 Å². The van der Waals surface area contributed by atoms with Gasteiger partial charge >= 0.3 is 5.97 Å². The Hall–Kier alpha value is -1.83. The molecule has 4 heteroatoms. The van der Waals surface area contributed by atoms with Gasteiger partial charge in [0, 0.05) is 21.0 Å². The van der Waals surface area contributed by atoms with Crippen molar-refractivity contribution >= 4 is 5.97 Å². The van der Waals surface area contributed by atoms with Crippen LogP contribution in [0.2, 0.25) is 0 Å². The highest BCUT2D eigenvalue weighted by Crippen LogP contribution is 2.40. The normalized spacial score (nSPS) is 41.0. The average molecular weight is 379 g/mol. The van der Waals surface area contributed by atoms with E-state index in [1.165, 1.54) is 13.8 Å². The first-order chi connectivity index (χ1) is 20.8. The summed E-state index contributed by atoms with van der Waals surface area (Å²) in [7, 11) is 0. The molecule has 0 aliphatic heterocycles. The summed E-state index contributed by atoms with van der Waals surface area (Å²) in [4.78, 5) is 15.3. The van der Waals surface area contributed by atoms with Crippen molar-refractivity contribution in [3.8, 4) is 11.8 Å². The van der Waals surface area contributed by atoms with E-state index < -0.39 is 98.2 Å². The maximum absolute atomic E-state index is 14.2. The summed E-state index contributed by atoms with van der Waals surface area (Å²) < 4.78 is 179. The molecule has 1 aliphatic carbocycles. The van der Waals surface area contributed by atoms with Crippen LogP contribution in [-0.2, 0) is 15.1 Å². The second kappa shape index (κ2) is 10.4. The predicted octanol–water partition coefficient (Wildman–Crippen LogP) is 3.34. The van der Waals surface area contributed by atoms with Crippen LogP contribution < -0.4 is 0 Å². The molecule has 0 aromatic heterocycles. The minimum atomic E-state index is -4.74. The molecular weight excluding hydrogens is 326 g/mol. The van der Waals surface area contributed by atoms with Gasteiger partial charge in [-0.15, -0.1) is 0 Å². The quantitative estimate of drug-likeness (QED) is 0.557. The molecular formula is C22H31NO3. The van der Waals surface area contributed by atoms with Gasteiger partial charge in [0.25, 0.3) is 0 Å². The third-order valence-electron chi connectivity index (χ3n) is 3.23. The Morgan fingerprint density at radius 1 is 1.38 bits per heavy atom. The van der Waals surface area contributed by atoms with E-state index in [-0.39, 0.29) is 13.1 Å². The van der Waals surface area contributed by atoms with Gasteiger partial charge in [0.05, 0.1) is 18.8 Å². The molecule has 2 rings (SSSR count). The zero-order chi connectivity index (χ0) is 37.4. The van der Waals surface area contributed by atoms with E-state index in [2.05, 4.69) is 9.85 Å². The van der Waals surface area contributed by atoms with Crippen molar-refractivity contribution in [3.63, 3.8) is 0 Å². The molecule has 1 atom stereocenters. The van der Waals surface area contributed by atoms with E-state index >= 15 is 0 Å². The number of carbonyl (C=O) groups excluding carboxylic acids is 1. The molecule has 1 unspecified atom stereocenters. The second-order valence-corrected chi connectivity index (χ2v) is 4.71. The molecule has 4 nitrogen and oxygen atoms in total. The van der Waals surface area contributed by atoms with Crippen molar-refractivity contribution in [2.24, 2.45) is 5.89 Å². The Morgan fingerprint density at radius 2 is 2.08 bits per heavy atom. The van der Waals surface area contributed by atoms with Crippen LogP contribution in [0.3, 0.4) is 0 Å². The van der Waals surface area contributed by atoms with Crippen LogP contribution in [0.25, 0.3) is 0 Å². The molecule has 1 aliphatic rings. The minimum Gasteiger partial charge on any atom is -0.450 e. The van der Waals surface area contributed by atoms with Crippen molar-refractivity contribution < 1.29 is 42.1 Å². The third-order valence-corrected chi connectivity index (χ3v) is 3.23. The highest BCUT2D eigenvalue weighted by Gasteiger charge is 2.46. The maximum Gasteiger partial charge on any atom is 0.344 e. The number of nitrogens with zero attached hydrogens (tertiary/aromatic N) is 1. The van der Waals surface area contributed by atoms with E-state index in [4.69, 9.17) is 27.5 Å². The molecule has 1 aromatic carbocycles. The molecule has 0 bridgehead atoms. The molecule has 0 radical (unpaired) electrons. The van der Waals surface area contributed by atoms with Crippen LogP contribution >= 0.6 is 0 Å². The molecule has 0 heterocycles. The molecule has 0 spiro atoms. The first kappa shape index (κ1) is 6.09. The molecule has 1 saturated carbocycles. The van der Waals surface area contributed by atoms with Crippen molar-refractivity contribution in [1.29, 1.82) is 1.43 Å². The number of ether oxygens (including phenoxy) is 1. The average Bonchev–Trinajstić information content (AvgIpc) is 2.95. The van der Waals surface area contributed by atoms with Crippen molar-refractivity contribution in [3.05, 3.63) is 35.8 Å². The van der Waals surface area contributed by atoms with Gasteiger partial charge in [0.15, 0.2) is 12.2 Å². The monoisotopic (exact) mass is 378 g/mol. The fraction of sp³-hybridized carbons (Fsp3) is 0.591. The summed E-state index contributed by atoms with van der Waals surface area (Å²) in [5.74, 6) is -3.87. The Labute approximate surface area is 187 Å². The number of carbonyl (C=O) groups is 1. The van der Waals surface area contributed by atoms with Gasteiger partial charge in [-0.2, -0.15) is 0 Å². The zero-order valence-electron chi connectivity index (χ0n) is 35.1. The molecule has 0 saturated heterocycles. The number of hydrogen-bond donors (Lipinski definition) is 1. The van der Waals surface area contributed by atoms with E-state index in [9.17, 15) is 6.17 Å². The first-order valence-corrected chi connectivity index (χ1v) is 7.59. The van der Waals surface area contributed by atoms with Gasteiger partial charge in [0.1, 0.15) is 0 Å². The van der Waals surface area contributed by atoms with Gasteiger partial charge in [-0.3, -0.25) is 4.90 Å². The van der Waals surface area contributed by atoms with Crippen LogP contribution in [0.15, 0.2) is 30.2 Å². The van der Waals surface area contributed by atoms with Crippen LogP contribution in [0, 0.1) is 17.7 Å². The SMILES string of the molecule is [2H]OC(C(=O)OC([2H])([2H])C#CC([2H])([2H])N(CC)CC)(c1c([2H])c([2H])c([2H])c([2H])c1[2H])C1([2H])C([2H])([2H])C([2H])([2H])C([2H])([2H])C([2H])([2H])C1([2H])[2H]. The molecule has 1 aromatic rings. The van der Waals surface area contributed by atoms with Gasteiger partial charge in [-0.25, -0.2) is 4.79 Å². The lowest BCUT2D eigenvalue weighted by molar-refractivity contribution is -0.174. The Bertz CT molecular complexity index is 1420. The number of rotatable bonds is 8. The van der Waals surface area contributed by atoms with Gasteiger partial charge in [-0.05, 0) is 31.4 Å². The van der Waals surface area contributed by atoms with Gasteiger partial charge < -0.3 is 9.85 Å². The highest BCUT2D eigenvalue weighted by molar-refractivity contribution is 5.81. The number of benzene rings is 1. The Balaban J connectivity index is 3.23. The van der Waals surface area contributed by atoms with E-state index in [0.29, 0.717) is 0 Å². The lowest BCUT2D eigenvalue weighted by Crippen LogP contribution is -2.45. The van der Waals surface area contributed by atoms with E-state index in [1.54, 1.807) is 5.92 Å². The number of esters is 1. The highest BCUT2D eigenvalue weighted by atomic mass is 16.5. The summed E-state index contributed by atoms with van der Waals surface area (Å²) in [6, 6.07) is -7.05. The summed E-state index contributed by atoms with van der Waals surface area (Å²) >= 11 is 0. The Morgan fingerprint density at radius 3 is 2.69 bits per heavy atom. The van der Waals surface area contributed by atoms with E-state index in [0.717, 1.165) is 4.90 Å². The lowest BCUT2D eigenvalue weighted by atomic mass is 9.73. The largest absolute Gasteiger partial charge is 0.450 e. The fourth-order valence-electron chi connectivity index (χ4n) is 1.84. The molecule has 142 valence electrons. The third kappa shape index (κ3) is 5.09. The predicted molar refractivity (Wildman–Crippen MR) is 103 cm³/mol.